The van der Waals surface area contributed by atoms with Crippen molar-refractivity contribution in [3.05, 3.63) is 108 Å². The first-order chi connectivity index (χ1) is 13.5. The zero-order chi connectivity index (χ0) is 19.7. The Morgan fingerprint density at radius 1 is 0.786 bits per heavy atom. The maximum absolute atomic E-state index is 13.7. The molecule has 4 rings (SSSR count). The highest BCUT2D eigenvalue weighted by molar-refractivity contribution is 6.08. The van der Waals surface area contributed by atoms with Crippen LogP contribution < -0.4 is 0 Å². The van der Waals surface area contributed by atoms with E-state index in [2.05, 4.69) is 0 Å². The van der Waals surface area contributed by atoms with Crippen molar-refractivity contribution >= 4 is 5.78 Å². The molecular formula is C23H15F2NO2. The molecule has 3 aromatic carbocycles. The Kier molecular flexibility index (Phi) is 4.49. The van der Waals surface area contributed by atoms with Crippen LogP contribution in [0.3, 0.4) is 0 Å². The molecule has 0 saturated heterocycles. The maximum Gasteiger partial charge on any atom is 0.209 e. The van der Waals surface area contributed by atoms with E-state index in [1.165, 1.54) is 10.8 Å². The summed E-state index contributed by atoms with van der Waals surface area (Å²) >= 11 is 0. The molecule has 1 N–H and O–H groups in total. The van der Waals surface area contributed by atoms with E-state index in [1.54, 1.807) is 24.3 Å². The second-order valence-electron chi connectivity index (χ2n) is 6.29. The number of benzene rings is 3. The number of halogens is 2. The fourth-order valence-corrected chi connectivity index (χ4v) is 3.07. The largest absolute Gasteiger partial charge is 0.503 e. The molecule has 1 aromatic heterocycles. The third-order valence-corrected chi connectivity index (χ3v) is 4.52. The second kappa shape index (κ2) is 7.12. The standard InChI is InChI=1S/C23H15F2NO2/c24-19-13-18(14-20(25)23(19)28)26-12-4-7-21(26)22(27)17-10-8-16(9-11-17)15-5-2-1-3-6-15/h1-14,28H. The number of phenols is 1. The molecule has 0 radical (unpaired) electrons. The Morgan fingerprint density at radius 2 is 1.39 bits per heavy atom. The van der Waals surface area contributed by atoms with Crippen LogP contribution in [0.1, 0.15) is 16.1 Å². The quantitative estimate of drug-likeness (QED) is 0.488. The van der Waals surface area contributed by atoms with Crippen LogP contribution in [0.2, 0.25) is 0 Å². The molecule has 4 aromatic rings. The van der Waals surface area contributed by atoms with E-state index in [9.17, 15) is 18.7 Å². The maximum atomic E-state index is 13.7. The molecule has 0 saturated carbocycles. The molecule has 0 bridgehead atoms. The first-order valence-electron chi connectivity index (χ1n) is 8.60. The van der Waals surface area contributed by atoms with E-state index >= 15 is 0 Å². The Balaban J connectivity index is 1.68. The first kappa shape index (κ1) is 17.7. The predicted molar refractivity (Wildman–Crippen MR) is 103 cm³/mol. The fraction of sp³-hybridized carbons (Fsp3) is 0. The molecule has 0 amide bonds. The summed E-state index contributed by atoms with van der Waals surface area (Å²) in [7, 11) is 0. The minimum atomic E-state index is -1.09. The number of phenolic OH excluding ortho intramolecular Hbond substituents is 1. The number of aromatic hydroxyl groups is 1. The predicted octanol–water partition coefficient (Wildman–Crippen LogP) is 5.36. The average molecular weight is 375 g/mol. The highest BCUT2D eigenvalue weighted by Crippen LogP contribution is 2.26. The summed E-state index contributed by atoms with van der Waals surface area (Å²) in [5.74, 6) is -3.50. The normalized spacial score (nSPS) is 10.8. The van der Waals surface area contributed by atoms with Crippen LogP contribution in [0.5, 0.6) is 5.75 Å². The van der Waals surface area contributed by atoms with Crippen LogP contribution in [0.15, 0.2) is 85.1 Å². The van der Waals surface area contributed by atoms with Gasteiger partial charge in [-0.1, -0.05) is 54.6 Å². The van der Waals surface area contributed by atoms with Gasteiger partial charge < -0.3 is 9.67 Å². The lowest BCUT2D eigenvalue weighted by Crippen LogP contribution is -2.09. The topological polar surface area (TPSA) is 42.2 Å². The van der Waals surface area contributed by atoms with Gasteiger partial charge in [0.05, 0.1) is 11.4 Å². The number of hydrogen-bond acceptors (Lipinski definition) is 2. The summed E-state index contributed by atoms with van der Waals surface area (Å²) < 4.78 is 28.8. The molecular weight excluding hydrogens is 360 g/mol. The molecule has 3 nitrogen and oxygen atoms in total. The van der Waals surface area contributed by atoms with Crippen molar-refractivity contribution in [1.82, 2.24) is 4.57 Å². The molecule has 0 aliphatic carbocycles. The number of rotatable bonds is 4. The van der Waals surface area contributed by atoms with Crippen LogP contribution in [-0.4, -0.2) is 15.5 Å². The number of hydrogen-bond donors (Lipinski definition) is 1. The molecule has 0 atom stereocenters. The van der Waals surface area contributed by atoms with Crippen LogP contribution in [0.25, 0.3) is 16.8 Å². The van der Waals surface area contributed by atoms with E-state index < -0.39 is 17.4 Å². The van der Waals surface area contributed by atoms with E-state index in [4.69, 9.17) is 0 Å². The summed E-state index contributed by atoms with van der Waals surface area (Å²) in [5.41, 5.74) is 2.86. The fourth-order valence-electron chi connectivity index (χ4n) is 3.07. The van der Waals surface area contributed by atoms with Crippen LogP contribution >= 0.6 is 0 Å². The summed E-state index contributed by atoms with van der Waals surface area (Å²) in [6.07, 6.45) is 1.54. The van der Waals surface area contributed by atoms with Crippen molar-refractivity contribution in [2.75, 3.05) is 0 Å². The lowest BCUT2D eigenvalue weighted by molar-refractivity contribution is 0.103. The third kappa shape index (κ3) is 3.18. The zero-order valence-corrected chi connectivity index (χ0v) is 14.6. The number of carbonyl (C=O) groups excluding carboxylic acids is 1. The van der Waals surface area contributed by atoms with Crippen molar-refractivity contribution in [3.8, 4) is 22.6 Å². The van der Waals surface area contributed by atoms with Crippen molar-refractivity contribution in [3.63, 3.8) is 0 Å². The van der Waals surface area contributed by atoms with Crippen molar-refractivity contribution < 1.29 is 18.7 Å². The number of carbonyl (C=O) groups is 1. The van der Waals surface area contributed by atoms with E-state index in [0.29, 0.717) is 5.56 Å². The molecule has 0 aliphatic heterocycles. The lowest BCUT2D eigenvalue weighted by Gasteiger charge is -2.10. The molecule has 0 spiro atoms. The molecule has 1 heterocycles. The van der Waals surface area contributed by atoms with Crippen molar-refractivity contribution in [2.45, 2.75) is 0 Å². The monoisotopic (exact) mass is 375 g/mol. The summed E-state index contributed by atoms with van der Waals surface area (Å²) in [6.45, 7) is 0. The van der Waals surface area contributed by atoms with Gasteiger partial charge in [-0.3, -0.25) is 4.79 Å². The molecule has 28 heavy (non-hydrogen) atoms. The number of ketones is 1. The van der Waals surface area contributed by atoms with Gasteiger partial charge >= 0.3 is 0 Å². The SMILES string of the molecule is O=C(c1ccc(-c2ccccc2)cc1)c1cccn1-c1cc(F)c(O)c(F)c1. The van der Waals surface area contributed by atoms with Gasteiger partial charge in [0, 0.05) is 23.9 Å². The van der Waals surface area contributed by atoms with Gasteiger partial charge in [0.2, 0.25) is 5.78 Å². The van der Waals surface area contributed by atoms with Crippen molar-refractivity contribution in [1.29, 1.82) is 0 Å². The van der Waals surface area contributed by atoms with Gasteiger partial charge in [0.15, 0.2) is 17.4 Å². The highest BCUT2D eigenvalue weighted by Gasteiger charge is 2.17. The van der Waals surface area contributed by atoms with Crippen molar-refractivity contribution in [2.24, 2.45) is 0 Å². The first-order valence-corrected chi connectivity index (χ1v) is 8.60. The minimum absolute atomic E-state index is 0.113. The van der Waals surface area contributed by atoms with Gasteiger partial charge in [0.1, 0.15) is 0 Å². The Morgan fingerprint density at radius 3 is 2.04 bits per heavy atom. The van der Waals surface area contributed by atoms with Crippen LogP contribution in [-0.2, 0) is 0 Å². The molecule has 0 fully saturated rings. The Labute approximate surface area is 160 Å². The zero-order valence-electron chi connectivity index (χ0n) is 14.6. The Hall–Kier alpha value is -3.73. The molecule has 0 aliphatic rings. The van der Waals surface area contributed by atoms with Gasteiger partial charge in [-0.2, -0.15) is 0 Å². The van der Waals surface area contributed by atoms with Crippen LogP contribution in [0.4, 0.5) is 8.78 Å². The smallest absolute Gasteiger partial charge is 0.209 e. The molecule has 5 heteroatoms. The minimum Gasteiger partial charge on any atom is -0.503 e. The van der Waals surface area contributed by atoms with Gasteiger partial charge in [-0.15, -0.1) is 0 Å². The summed E-state index contributed by atoms with van der Waals surface area (Å²) in [6, 6.07) is 22.1. The van der Waals surface area contributed by atoms with Crippen LogP contribution in [0, 0.1) is 11.6 Å². The van der Waals surface area contributed by atoms with Gasteiger partial charge in [-0.05, 0) is 23.3 Å². The van der Waals surface area contributed by atoms with E-state index in [-0.39, 0.29) is 17.2 Å². The second-order valence-corrected chi connectivity index (χ2v) is 6.29. The summed E-state index contributed by atoms with van der Waals surface area (Å²) in [4.78, 5) is 12.9. The highest BCUT2D eigenvalue weighted by atomic mass is 19.1. The van der Waals surface area contributed by atoms with Gasteiger partial charge in [0.25, 0.3) is 0 Å². The molecule has 138 valence electrons. The van der Waals surface area contributed by atoms with Gasteiger partial charge in [-0.25, -0.2) is 8.78 Å². The molecule has 0 unspecified atom stereocenters. The van der Waals surface area contributed by atoms with E-state index in [0.717, 1.165) is 23.3 Å². The summed E-state index contributed by atoms with van der Waals surface area (Å²) in [5, 5.41) is 9.28. The average Bonchev–Trinajstić information content (AvgIpc) is 3.22. The number of aromatic nitrogens is 1. The number of nitrogens with zero attached hydrogens (tertiary/aromatic N) is 1. The lowest BCUT2D eigenvalue weighted by atomic mass is 10.0. The Bertz CT molecular complexity index is 1130. The third-order valence-electron chi connectivity index (χ3n) is 4.52. The van der Waals surface area contributed by atoms with E-state index in [1.807, 2.05) is 42.5 Å².